The van der Waals surface area contributed by atoms with Crippen LogP contribution in [0.5, 0.6) is 0 Å². The standard InChI is InChI=1S/C16H19N3O3/c20-15(9-12-5-4-8-21-11-12)17-10-14-18-16(22-19-14)13-6-2-1-3-7-13/h1-3,6-7,12H,4-5,8-11H2,(H,17,20)/t12-/m0/s1. The fourth-order valence-electron chi connectivity index (χ4n) is 2.50. The highest BCUT2D eigenvalue weighted by Gasteiger charge is 2.18. The fraction of sp³-hybridized carbons (Fsp3) is 0.438. The quantitative estimate of drug-likeness (QED) is 0.915. The predicted molar refractivity (Wildman–Crippen MR) is 79.7 cm³/mol. The van der Waals surface area contributed by atoms with E-state index in [2.05, 4.69) is 15.5 Å². The lowest BCUT2D eigenvalue weighted by molar-refractivity contribution is -0.123. The van der Waals surface area contributed by atoms with Crippen LogP contribution < -0.4 is 5.32 Å². The number of hydrogen-bond donors (Lipinski definition) is 1. The Bertz CT molecular complexity index is 606. The smallest absolute Gasteiger partial charge is 0.257 e. The van der Waals surface area contributed by atoms with Gasteiger partial charge in [-0.05, 0) is 30.9 Å². The largest absolute Gasteiger partial charge is 0.381 e. The maximum Gasteiger partial charge on any atom is 0.257 e. The Kier molecular flexibility index (Phi) is 4.80. The van der Waals surface area contributed by atoms with Gasteiger partial charge >= 0.3 is 0 Å². The molecular weight excluding hydrogens is 282 g/mol. The molecule has 1 fully saturated rings. The summed E-state index contributed by atoms with van der Waals surface area (Å²) in [6.07, 6.45) is 2.57. The zero-order chi connectivity index (χ0) is 15.2. The highest BCUT2D eigenvalue weighted by atomic mass is 16.5. The number of rotatable bonds is 5. The van der Waals surface area contributed by atoms with E-state index in [0.717, 1.165) is 25.0 Å². The molecule has 0 unspecified atom stereocenters. The molecule has 2 aromatic rings. The van der Waals surface area contributed by atoms with E-state index in [-0.39, 0.29) is 12.5 Å². The van der Waals surface area contributed by atoms with E-state index >= 15 is 0 Å². The number of carbonyl (C=O) groups excluding carboxylic acids is 1. The topological polar surface area (TPSA) is 77.2 Å². The van der Waals surface area contributed by atoms with Crippen LogP contribution in [0.3, 0.4) is 0 Å². The zero-order valence-electron chi connectivity index (χ0n) is 12.3. The molecule has 6 nitrogen and oxygen atoms in total. The van der Waals surface area contributed by atoms with Crippen molar-refractivity contribution in [3.63, 3.8) is 0 Å². The van der Waals surface area contributed by atoms with E-state index in [1.807, 2.05) is 30.3 Å². The molecule has 1 N–H and O–H groups in total. The minimum atomic E-state index is 0.00145. The number of amides is 1. The van der Waals surface area contributed by atoms with Gasteiger partial charge in [0, 0.05) is 25.2 Å². The average molecular weight is 301 g/mol. The summed E-state index contributed by atoms with van der Waals surface area (Å²) < 4.78 is 10.6. The van der Waals surface area contributed by atoms with Crippen molar-refractivity contribution in [2.45, 2.75) is 25.8 Å². The first kappa shape index (κ1) is 14.7. The number of hydrogen-bond acceptors (Lipinski definition) is 5. The van der Waals surface area contributed by atoms with Crippen molar-refractivity contribution in [3.8, 4) is 11.5 Å². The van der Waals surface area contributed by atoms with Crippen molar-refractivity contribution in [3.05, 3.63) is 36.2 Å². The van der Waals surface area contributed by atoms with Crippen molar-refractivity contribution < 1.29 is 14.1 Å². The molecule has 2 heterocycles. The molecule has 116 valence electrons. The van der Waals surface area contributed by atoms with E-state index in [4.69, 9.17) is 9.26 Å². The summed E-state index contributed by atoms with van der Waals surface area (Å²) in [7, 11) is 0. The van der Waals surface area contributed by atoms with Crippen LogP contribution >= 0.6 is 0 Å². The molecule has 1 aromatic carbocycles. The van der Waals surface area contributed by atoms with Gasteiger partial charge in [-0.2, -0.15) is 4.98 Å². The molecule has 0 bridgehead atoms. The molecule has 6 heteroatoms. The number of nitrogens with zero attached hydrogens (tertiary/aromatic N) is 2. The molecule has 1 amide bonds. The molecule has 1 saturated heterocycles. The van der Waals surface area contributed by atoms with Crippen LogP contribution in [0.4, 0.5) is 0 Å². The van der Waals surface area contributed by atoms with Gasteiger partial charge in [0.2, 0.25) is 5.91 Å². The zero-order valence-corrected chi connectivity index (χ0v) is 12.3. The molecule has 0 radical (unpaired) electrons. The summed E-state index contributed by atoms with van der Waals surface area (Å²) in [6, 6.07) is 9.55. The Hall–Kier alpha value is -2.21. The van der Waals surface area contributed by atoms with Crippen molar-refractivity contribution in [1.29, 1.82) is 0 Å². The lowest BCUT2D eigenvalue weighted by Gasteiger charge is -2.21. The second kappa shape index (κ2) is 7.17. The summed E-state index contributed by atoms with van der Waals surface area (Å²) in [5.41, 5.74) is 0.868. The summed E-state index contributed by atoms with van der Waals surface area (Å²) in [5.74, 6) is 1.26. The SMILES string of the molecule is O=C(C[C@@H]1CCCOC1)NCc1noc(-c2ccccc2)n1. The molecule has 0 aliphatic carbocycles. The second-order valence-electron chi connectivity index (χ2n) is 5.45. The molecule has 1 aliphatic heterocycles. The molecule has 1 atom stereocenters. The van der Waals surface area contributed by atoms with Gasteiger partial charge in [0.15, 0.2) is 5.82 Å². The predicted octanol–water partition coefficient (Wildman–Crippen LogP) is 2.17. The van der Waals surface area contributed by atoms with Gasteiger partial charge in [0.1, 0.15) is 0 Å². The third-order valence-corrected chi connectivity index (χ3v) is 3.66. The summed E-state index contributed by atoms with van der Waals surface area (Å²) in [4.78, 5) is 16.2. The van der Waals surface area contributed by atoms with E-state index in [1.54, 1.807) is 0 Å². The molecule has 1 aromatic heterocycles. The summed E-state index contributed by atoms with van der Waals surface area (Å²) >= 11 is 0. The monoisotopic (exact) mass is 301 g/mol. The van der Waals surface area contributed by atoms with Crippen LogP contribution in [-0.2, 0) is 16.1 Å². The Morgan fingerprint density at radius 1 is 1.32 bits per heavy atom. The summed E-state index contributed by atoms with van der Waals surface area (Å²) in [5, 5.41) is 6.72. The molecule has 22 heavy (non-hydrogen) atoms. The highest BCUT2D eigenvalue weighted by molar-refractivity contribution is 5.76. The van der Waals surface area contributed by atoms with Crippen LogP contribution in [0.15, 0.2) is 34.9 Å². The van der Waals surface area contributed by atoms with Gasteiger partial charge in [0.25, 0.3) is 5.89 Å². The Labute approximate surface area is 128 Å². The van der Waals surface area contributed by atoms with Crippen LogP contribution in [0.25, 0.3) is 11.5 Å². The maximum atomic E-state index is 11.9. The summed E-state index contributed by atoms with van der Waals surface area (Å²) in [6.45, 7) is 1.76. The van der Waals surface area contributed by atoms with Crippen molar-refractivity contribution >= 4 is 5.91 Å². The van der Waals surface area contributed by atoms with Gasteiger partial charge in [-0.25, -0.2) is 0 Å². The van der Waals surface area contributed by atoms with Crippen molar-refractivity contribution in [1.82, 2.24) is 15.5 Å². The first-order chi connectivity index (χ1) is 10.8. The Morgan fingerprint density at radius 3 is 2.95 bits per heavy atom. The fourth-order valence-corrected chi connectivity index (χ4v) is 2.50. The van der Waals surface area contributed by atoms with Gasteiger partial charge < -0.3 is 14.6 Å². The van der Waals surface area contributed by atoms with Gasteiger partial charge in [-0.1, -0.05) is 23.4 Å². The maximum absolute atomic E-state index is 11.9. The first-order valence-corrected chi connectivity index (χ1v) is 7.54. The minimum absolute atomic E-state index is 0.00145. The van der Waals surface area contributed by atoms with Gasteiger partial charge in [0.05, 0.1) is 6.54 Å². The third kappa shape index (κ3) is 3.92. The Morgan fingerprint density at radius 2 is 2.18 bits per heavy atom. The van der Waals surface area contributed by atoms with E-state index in [1.165, 1.54) is 0 Å². The normalized spacial score (nSPS) is 18.1. The minimum Gasteiger partial charge on any atom is -0.381 e. The van der Waals surface area contributed by atoms with E-state index < -0.39 is 0 Å². The lowest BCUT2D eigenvalue weighted by Crippen LogP contribution is -2.28. The van der Waals surface area contributed by atoms with Gasteiger partial charge in [-0.3, -0.25) is 4.79 Å². The number of aromatic nitrogens is 2. The van der Waals surface area contributed by atoms with Gasteiger partial charge in [-0.15, -0.1) is 0 Å². The number of benzene rings is 1. The lowest BCUT2D eigenvalue weighted by atomic mass is 9.98. The molecular formula is C16H19N3O3. The third-order valence-electron chi connectivity index (χ3n) is 3.66. The molecule has 0 saturated carbocycles. The average Bonchev–Trinajstić information content (AvgIpc) is 3.04. The van der Waals surface area contributed by atoms with Crippen LogP contribution in [0.2, 0.25) is 0 Å². The number of nitrogens with one attached hydrogen (secondary N) is 1. The molecule has 1 aliphatic rings. The highest BCUT2D eigenvalue weighted by Crippen LogP contribution is 2.17. The van der Waals surface area contributed by atoms with Crippen molar-refractivity contribution in [2.75, 3.05) is 13.2 Å². The first-order valence-electron chi connectivity index (χ1n) is 7.54. The van der Waals surface area contributed by atoms with Crippen LogP contribution in [0, 0.1) is 5.92 Å². The van der Waals surface area contributed by atoms with Crippen molar-refractivity contribution in [2.24, 2.45) is 5.92 Å². The molecule has 0 spiro atoms. The number of ether oxygens (including phenoxy) is 1. The van der Waals surface area contributed by atoms with Crippen LogP contribution in [-0.4, -0.2) is 29.3 Å². The van der Waals surface area contributed by atoms with E-state index in [9.17, 15) is 4.79 Å². The molecule has 3 rings (SSSR count). The van der Waals surface area contributed by atoms with Crippen LogP contribution in [0.1, 0.15) is 25.1 Å². The number of carbonyl (C=O) groups is 1. The Balaban J connectivity index is 1.49. The van der Waals surface area contributed by atoms with E-state index in [0.29, 0.717) is 30.7 Å². The second-order valence-corrected chi connectivity index (χ2v) is 5.45.